The van der Waals surface area contributed by atoms with Crippen LogP contribution in [0, 0.1) is 6.92 Å². The van der Waals surface area contributed by atoms with E-state index in [0.717, 1.165) is 23.7 Å². The van der Waals surface area contributed by atoms with Crippen molar-refractivity contribution in [2.45, 2.75) is 31.9 Å². The lowest BCUT2D eigenvalue weighted by Gasteiger charge is -2.21. The van der Waals surface area contributed by atoms with Crippen LogP contribution in [-0.2, 0) is 16.0 Å². The predicted molar refractivity (Wildman–Crippen MR) is 68.6 cm³/mol. The van der Waals surface area contributed by atoms with Crippen molar-refractivity contribution in [2.24, 2.45) is 0 Å². The standard InChI is InChI=1S/C12H18N2O3S/c1-8-13-9(7-18-8)3-4-14-6-10(15)5-11(14)12(16)17-2/h7,10-11,15H,3-6H2,1-2H3/t10-,11-/m1/s1. The first-order chi connectivity index (χ1) is 8.60. The van der Waals surface area contributed by atoms with Crippen LogP contribution >= 0.6 is 11.3 Å². The average Bonchev–Trinajstić information content (AvgIpc) is 2.92. The van der Waals surface area contributed by atoms with Crippen molar-refractivity contribution in [2.75, 3.05) is 20.2 Å². The third-order valence-corrected chi connectivity index (χ3v) is 4.00. The van der Waals surface area contributed by atoms with Crippen molar-refractivity contribution in [1.82, 2.24) is 9.88 Å². The molecule has 1 N–H and O–H groups in total. The topological polar surface area (TPSA) is 62.7 Å². The molecule has 0 bridgehead atoms. The number of aryl methyl sites for hydroxylation is 1. The number of likely N-dealkylation sites (tertiary alicyclic amines) is 1. The number of hydrogen-bond donors (Lipinski definition) is 1. The smallest absolute Gasteiger partial charge is 0.323 e. The second-order valence-corrected chi connectivity index (χ2v) is 5.59. The number of β-amino-alcohol motifs (C(OH)–C–C–N with tert-alkyl or cyclic N) is 1. The van der Waals surface area contributed by atoms with Gasteiger partial charge in [0.2, 0.25) is 0 Å². The molecule has 0 saturated carbocycles. The molecule has 1 aliphatic heterocycles. The zero-order valence-corrected chi connectivity index (χ0v) is 11.4. The third kappa shape index (κ3) is 3.07. The van der Waals surface area contributed by atoms with E-state index in [2.05, 4.69) is 4.98 Å². The van der Waals surface area contributed by atoms with Gasteiger partial charge in [0.05, 0.1) is 23.9 Å². The Hall–Kier alpha value is -0.980. The Bertz CT molecular complexity index is 421. The molecular formula is C12H18N2O3S. The Morgan fingerprint density at radius 3 is 3.11 bits per heavy atom. The molecule has 1 fully saturated rings. The van der Waals surface area contributed by atoms with E-state index in [4.69, 9.17) is 4.74 Å². The Morgan fingerprint density at radius 2 is 2.50 bits per heavy atom. The summed E-state index contributed by atoms with van der Waals surface area (Å²) in [6, 6.07) is -0.315. The van der Waals surface area contributed by atoms with Crippen molar-refractivity contribution in [1.29, 1.82) is 0 Å². The molecule has 0 amide bonds. The fourth-order valence-electron chi connectivity index (χ4n) is 2.29. The van der Waals surface area contributed by atoms with Gasteiger partial charge in [-0.25, -0.2) is 4.98 Å². The molecule has 2 heterocycles. The molecule has 1 aliphatic rings. The number of methoxy groups -OCH3 is 1. The molecule has 0 aromatic carbocycles. The van der Waals surface area contributed by atoms with Gasteiger partial charge in [0.25, 0.3) is 0 Å². The first kappa shape index (κ1) is 13.5. The van der Waals surface area contributed by atoms with Gasteiger partial charge in [0, 0.05) is 31.3 Å². The number of aliphatic hydroxyl groups excluding tert-OH is 1. The van der Waals surface area contributed by atoms with Gasteiger partial charge in [0.1, 0.15) is 6.04 Å². The van der Waals surface area contributed by atoms with Gasteiger partial charge in [-0.15, -0.1) is 11.3 Å². The summed E-state index contributed by atoms with van der Waals surface area (Å²) in [6.07, 6.45) is 0.819. The van der Waals surface area contributed by atoms with Crippen LogP contribution in [0.4, 0.5) is 0 Å². The minimum atomic E-state index is -0.439. The summed E-state index contributed by atoms with van der Waals surface area (Å²) < 4.78 is 4.76. The SMILES string of the molecule is COC(=O)[C@H]1C[C@@H](O)CN1CCc1csc(C)n1. The number of rotatable bonds is 4. The highest BCUT2D eigenvalue weighted by Gasteiger charge is 2.36. The molecule has 2 atom stereocenters. The molecular weight excluding hydrogens is 252 g/mol. The summed E-state index contributed by atoms with van der Waals surface area (Å²) in [5.74, 6) is -0.263. The van der Waals surface area contributed by atoms with Gasteiger partial charge in [-0.05, 0) is 6.92 Å². The lowest BCUT2D eigenvalue weighted by molar-refractivity contribution is -0.145. The van der Waals surface area contributed by atoms with Crippen LogP contribution < -0.4 is 0 Å². The van der Waals surface area contributed by atoms with Crippen LogP contribution in [0.15, 0.2) is 5.38 Å². The van der Waals surface area contributed by atoms with E-state index >= 15 is 0 Å². The first-order valence-electron chi connectivity index (χ1n) is 6.01. The molecule has 1 saturated heterocycles. The van der Waals surface area contributed by atoms with E-state index in [9.17, 15) is 9.90 Å². The average molecular weight is 270 g/mol. The monoisotopic (exact) mass is 270 g/mol. The van der Waals surface area contributed by atoms with Crippen molar-refractivity contribution in [3.05, 3.63) is 16.1 Å². The normalized spacial score (nSPS) is 24.4. The van der Waals surface area contributed by atoms with Gasteiger partial charge in [-0.1, -0.05) is 0 Å². The molecule has 1 aromatic heterocycles. The highest BCUT2D eigenvalue weighted by atomic mass is 32.1. The van der Waals surface area contributed by atoms with Gasteiger partial charge in [-0.2, -0.15) is 0 Å². The van der Waals surface area contributed by atoms with E-state index in [1.54, 1.807) is 11.3 Å². The molecule has 5 nitrogen and oxygen atoms in total. The van der Waals surface area contributed by atoms with Crippen LogP contribution in [0.25, 0.3) is 0 Å². The predicted octanol–water partition coefficient (Wildman–Crippen LogP) is 0.602. The lowest BCUT2D eigenvalue weighted by atomic mass is 10.2. The number of ether oxygens (including phenoxy) is 1. The maximum absolute atomic E-state index is 11.6. The van der Waals surface area contributed by atoms with E-state index in [1.807, 2.05) is 17.2 Å². The van der Waals surface area contributed by atoms with Gasteiger partial charge < -0.3 is 9.84 Å². The van der Waals surface area contributed by atoms with E-state index in [0.29, 0.717) is 13.0 Å². The maximum atomic E-state index is 11.6. The summed E-state index contributed by atoms with van der Waals surface area (Å²) in [5.41, 5.74) is 1.04. The van der Waals surface area contributed by atoms with E-state index in [1.165, 1.54) is 7.11 Å². The second kappa shape index (κ2) is 5.77. The van der Waals surface area contributed by atoms with Gasteiger partial charge >= 0.3 is 5.97 Å². The third-order valence-electron chi connectivity index (χ3n) is 3.18. The van der Waals surface area contributed by atoms with Crippen LogP contribution in [0.5, 0.6) is 0 Å². The molecule has 2 rings (SSSR count). The Morgan fingerprint density at radius 1 is 1.72 bits per heavy atom. The fourth-order valence-corrected chi connectivity index (χ4v) is 2.94. The largest absolute Gasteiger partial charge is 0.468 e. The van der Waals surface area contributed by atoms with E-state index in [-0.39, 0.29) is 12.0 Å². The van der Waals surface area contributed by atoms with Crippen LogP contribution in [0.1, 0.15) is 17.1 Å². The van der Waals surface area contributed by atoms with Crippen LogP contribution in [0.3, 0.4) is 0 Å². The van der Waals surface area contributed by atoms with Gasteiger partial charge in [0.15, 0.2) is 0 Å². The zero-order valence-electron chi connectivity index (χ0n) is 10.6. The molecule has 6 heteroatoms. The number of nitrogens with zero attached hydrogens (tertiary/aromatic N) is 2. The number of esters is 1. The molecule has 0 radical (unpaired) electrons. The number of aliphatic hydroxyl groups is 1. The Balaban J connectivity index is 1.92. The van der Waals surface area contributed by atoms with Crippen LogP contribution in [-0.4, -0.2) is 53.3 Å². The second-order valence-electron chi connectivity index (χ2n) is 4.53. The van der Waals surface area contributed by atoms with Crippen molar-refractivity contribution >= 4 is 17.3 Å². The summed E-state index contributed by atoms with van der Waals surface area (Å²) >= 11 is 1.63. The molecule has 0 spiro atoms. The molecule has 0 aliphatic carbocycles. The molecule has 1 aromatic rings. The molecule has 0 unspecified atom stereocenters. The zero-order chi connectivity index (χ0) is 13.1. The van der Waals surface area contributed by atoms with Crippen LogP contribution in [0.2, 0.25) is 0 Å². The number of carbonyl (C=O) groups excluding carboxylic acids is 1. The molecule has 18 heavy (non-hydrogen) atoms. The minimum absolute atomic E-state index is 0.263. The van der Waals surface area contributed by atoms with Crippen molar-refractivity contribution < 1.29 is 14.6 Å². The number of thiazole rings is 1. The van der Waals surface area contributed by atoms with Crippen molar-refractivity contribution in [3.63, 3.8) is 0 Å². The number of hydrogen-bond acceptors (Lipinski definition) is 6. The summed E-state index contributed by atoms with van der Waals surface area (Å²) in [4.78, 5) is 18.0. The molecule has 100 valence electrons. The number of aromatic nitrogens is 1. The van der Waals surface area contributed by atoms with Gasteiger partial charge in [-0.3, -0.25) is 9.69 Å². The fraction of sp³-hybridized carbons (Fsp3) is 0.667. The van der Waals surface area contributed by atoms with Crippen molar-refractivity contribution in [3.8, 4) is 0 Å². The number of carbonyl (C=O) groups is 1. The Labute approximate surface area is 110 Å². The summed E-state index contributed by atoms with van der Waals surface area (Å²) in [7, 11) is 1.38. The first-order valence-corrected chi connectivity index (χ1v) is 6.89. The quantitative estimate of drug-likeness (QED) is 0.812. The maximum Gasteiger partial charge on any atom is 0.323 e. The minimum Gasteiger partial charge on any atom is -0.468 e. The Kier molecular flexibility index (Phi) is 4.31. The highest BCUT2D eigenvalue weighted by Crippen LogP contribution is 2.19. The van der Waals surface area contributed by atoms with E-state index < -0.39 is 6.10 Å². The summed E-state index contributed by atoms with van der Waals surface area (Å²) in [5, 5.41) is 12.7. The summed E-state index contributed by atoms with van der Waals surface area (Å²) in [6.45, 7) is 3.23. The highest BCUT2D eigenvalue weighted by molar-refractivity contribution is 7.09. The lowest BCUT2D eigenvalue weighted by Crippen LogP contribution is -2.38.